The summed E-state index contributed by atoms with van der Waals surface area (Å²) >= 11 is 0. The number of ether oxygens (including phenoxy) is 1. The smallest absolute Gasteiger partial charge is 0.103 e. The van der Waals surface area contributed by atoms with Crippen LogP contribution >= 0.6 is 0 Å². The number of allylic oxidation sites excluding steroid dienone is 2. The lowest BCUT2D eigenvalue weighted by molar-refractivity contribution is -0.103. The highest BCUT2D eigenvalue weighted by atomic mass is 16.5. The Morgan fingerprint density at radius 3 is 2.72 bits per heavy atom. The van der Waals surface area contributed by atoms with E-state index >= 15 is 0 Å². The largest absolute Gasteiger partial charge is 0.494 e. The number of aliphatic hydroxyl groups is 1. The average Bonchev–Trinajstić information content (AvgIpc) is 3.26. The second-order valence-corrected chi connectivity index (χ2v) is 12.7. The van der Waals surface area contributed by atoms with E-state index in [9.17, 15) is 5.11 Å². The summed E-state index contributed by atoms with van der Waals surface area (Å²) in [5.41, 5.74) is 6.90. The van der Waals surface area contributed by atoms with Crippen LogP contribution in [-0.2, 0) is 4.74 Å². The molecular weight excluding hydrogens is 394 g/mol. The molecule has 0 aromatic carbocycles. The first kappa shape index (κ1) is 24.6. The minimum Gasteiger partial charge on any atom is -0.494 e. The molecule has 0 aromatic rings. The molecule has 10 atom stereocenters. The molecule has 3 saturated carbocycles. The number of hydrogen-bond acceptors (Lipinski definition) is 3. The Bertz CT molecular complexity index is 694. The third-order valence-corrected chi connectivity index (χ3v) is 11.2. The molecule has 0 aromatic heterocycles. The molecule has 4 aliphatic rings. The standard InChI is InChI=1S/C29H51NO2.4H2/c1-6-21-11-12-22-23(28(21,4)14-8-16-30)13-15-29(5)24(22)17-26-27(29)20(3)25(32-26)10-7-9-19(2)18-31;;;;/h10,19-24,26-27,31H,6-9,11-18,30H2,1-5H3;4*1H/b25-10-;;;;/t19-,20+,21-,22+,23-,24?,26?,27?,28-,29-;;;;/m0..../s1. The fourth-order valence-corrected chi connectivity index (χ4v) is 9.41. The van der Waals surface area contributed by atoms with E-state index in [-0.39, 0.29) is 12.3 Å². The first-order valence-corrected chi connectivity index (χ1v) is 14.0. The van der Waals surface area contributed by atoms with E-state index in [0.29, 0.717) is 34.7 Å². The van der Waals surface area contributed by atoms with Gasteiger partial charge in [0, 0.05) is 24.1 Å². The summed E-state index contributed by atoms with van der Waals surface area (Å²) in [4.78, 5) is 0. The van der Waals surface area contributed by atoms with Crippen LogP contribution in [0.2, 0.25) is 0 Å². The van der Waals surface area contributed by atoms with Crippen molar-refractivity contribution < 1.29 is 15.5 Å². The highest BCUT2D eigenvalue weighted by Gasteiger charge is 2.65. The maximum absolute atomic E-state index is 9.33. The van der Waals surface area contributed by atoms with Crippen molar-refractivity contribution in [2.45, 2.75) is 105 Å². The Balaban J connectivity index is 0.00000306. The van der Waals surface area contributed by atoms with Crippen molar-refractivity contribution in [3.8, 4) is 0 Å². The molecule has 1 aliphatic heterocycles. The molecule has 3 nitrogen and oxygen atoms in total. The molecule has 0 spiro atoms. The summed E-state index contributed by atoms with van der Waals surface area (Å²) in [5.74, 6) is 6.37. The van der Waals surface area contributed by atoms with Gasteiger partial charge in [-0.2, -0.15) is 0 Å². The first-order chi connectivity index (χ1) is 15.3. The van der Waals surface area contributed by atoms with Crippen molar-refractivity contribution in [1.82, 2.24) is 0 Å². The van der Waals surface area contributed by atoms with Crippen molar-refractivity contribution >= 4 is 0 Å². The van der Waals surface area contributed by atoms with E-state index in [1.54, 1.807) is 0 Å². The lowest BCUT2D eigenvalue weighted by Crippen LogP contribution is -2.52. The van der Waals surface area contributed by atoms with Crippen LogP contribution < -0.4 is 5.73 Å². The molecular formula is C29H59NO2. The molecule has 1 saturated heterocycles. The minimum absolute atomic E-state index is 0. The van der Waals surface area contributed by atoms with Crippen molar-refractivity contribution in [3.05, 3.63) is 11.8 Å². The third-order valence-electron chi connectivity index (χ3n) is 11.2. The summed E-state index contributed by atoms with van der Waals surface area (Å²) in [6, 6.07) is 0. The fourth-order valence-electron chi connectivity index (χ4n) is 9.41. The fraction of sp³-hybridized carbons (Fsp3) is 0.931. The van der Waals surface area contributed by atoms with Crippen LogP contribution in [-0.4, -0.2) is 24.4 Å². The summed E-state index contributed by atoms with van der Waals surface area (Å²) in [6.07, 6.45) is 15.7. The van der Waals surface area contributed by atoms with Crippen LogP contribution in [0, 0.1) is 52.3 Å². The normalized spacial score (nSPS) is 47.6. The van der Waals surface area contributed by atoms with E-state index < -0.39 is 0 Å². The van der Waals surface area contributed by atoms with Gasteiger partial charge in [0.05, 0.1) is 5.76 Å². The van der Waals surface area contributed by atoms with Gasteiger partial charge in [0.25, 0.3) is 0 Å². The molecule has 1 heterocycles. The van der Waals surface area contributed by atoms with Gasteiger partial charge in [0.1, 0.15) is 6.10 Å². The zero-order valence-corrected chi connectivity index (χ0v) is 21.6. The van der Waals surface area contributed by atoms with E-state index in [2.05, 4.69) is 40.7 Å². The van der Waals surface area contributed by atoms with Gasteiger partial charge in [-0.1, -0.05) is 41.0 Å². The van der Waals surface area contributed by atoms with Crippen molar-refractivity contribution in [2.75, 3.05) is 13.2 Å². The molecule has 4 rings (SSSR count). The van der Waals surface area contributed by atoms with Gasteiger partial charge in [-0.15, -0.1) is 0 Å². The summed E-state index contributed by atoms with van der Waals surface area (Å²) < 4.78 is 6.69. The monoisotopic (exact) mass is 453 g/mol. The Labute approximate surface area is 203 Å². The summed E-state index contributed by atoms with van der Waals surface area (Å²) in [6.45, 7) is 13.4. The van der Waals surface area contributed by atoms with Crippen LogP contribution in [0.25, 0.3) is 0 Å². The SMILES string of the molecule is CC[C@H]1CC[C@H]2C3CC4O/C(=C\CC[C@H](C)CO)[C@@H](C)C4[C@@]3(C)CC[C@@H]2[C@@]1(C)CCCN.[HH].[HH].[HH].[HH]. The van der Waals surface area contributed by atoms with Gasteiger partial charge < -0.3 is 15.6 Å². The van der Waals surface area contributed by atoms with Gasteiger partial charge in [0.2, 0.25) is 0 Å². The van der Waals surface area contributed by atoms with Crippen molar-refractivity contribution in [2.24, 2.45) is 58.0 Å². The van der Waals surface area contributed by atoms with Crippen LogP contribution in [0.4, 0.5) is 0 Å². The van der Waals surface area contributed by atoms with Crippen LogP contribution in [0.15, 0.2) is 11.8 Å². The zero-order valence-electron chi connectivity index (χ0n) is 21.6. The zero-order chi connectivity index (χ0) is 23.1. The van der Waals surface area contributed by atoms with Gasteiger partial charge in [-0.05, 0) is 111 Å². The number of nitrogens with two attached hydrogens (primary N) is 1. The van der Waals surface area contributed by atoms with Crippen LogP contribution in [0.1, 0.15) is 105 Å². The third kappa shape index (κ3) is 3.98. The Kier molecular flexibility index (Phi) is 7.38. The first-order valence-electron chi connectivity index (χ1n) is 14.0. The maximum Gasteiger partial charge on any atom is 0.103 e. The Morgan fingerprint density at radius 2 is 2.03 bits per heavy atom. The van der Waals surface area contributed by atoms with E-state index in [1.165, 1.54) is 57.1 Å². The van der Waals surface area contributed by atoms with Gasteiger partial charge in [-0.25, -0.2) is 0 Å². The summed E-state index contributed by atoms with van der Waals surface area (Å²) in [7, 11) is 0. The van der Waals surface area contributed by atoms with Crippen molar-refractivity contribution in [3.63, 3.8) is 0 Å². The van der Waals surface area contributed by atoms with Gasteiger partial charge in [0.15, 0.2) is 0 Å². The van der Waals surface area contributed by atoms with Gasteiger partial charge in [-0.3, -0.25) is 0 Å². The van der Waals surface area contributed by atoms with Gasteiger partial charge >= 0.3 is 0 Å². The number of rotatable bonds is 8. The molecule has 32 heavy (non-hydrogen) atoms. The average molecular weight is 454 g/mol. The molecule has 3 unspecified atom stereocenters. The second-order valence-electron chi connectivity index (χ2n) is 12.7. The molecule has 0 bridgehead atoms. The van der Waals surface area contributed by atoms with Crippen molar-refractivity contribution in [1.29, 1.82) is 0 Å². The molecule has 3 heteroatoms. The topological polar surface area (TPSA) is 55.5 Å². The highest BCUT2D eigenvalue weighted by molar-refractivity contribution is 5.18. The molecule has 4 fully saturated rings. The number of aliphatic hydroxyl groups excluding tert-OH is 1. The Morgan fingerprint density at radius 1 is 1.25 bits per heavy atom. The van der Waals surface area contributed by atoms with E-state index in [1.807, 2.05) is 0 Å². The molecule has 192 valence electrons. The number of hydrogen-bond donors (Lipinski definition) is 2. The van der Waals surface area contributed by atoms with E-state index in [4.69, 9.17) is 10.5 Å². The summed E-state index contributed by atoms with van der Waals surface area (Å²) in [5, 5.41) is 9.33. The molecule has 3 aliphatic carbocycles. The molecule has 0 radical (unpaired) electrons. The van der Waals surface area contributed by atoms with Crippen LogP contribution in [0.5, 0.6) is 0 Å². The van der Waals surface area contributed by atoms with E-state index in [0.717, 1.165) is 43.1 Å². The maximum atomic E-state index is 9.33. The lowest BCUT2D eigenvalue weighted by atomic mass is 9.45. The molecule has 3 N–H and O–H groups in total. The molecule has 0 amide bonds. The predicted molar refractivity (Wildman–Crippen MR) is 141 cm³/mol. The minimum atomic E-state index is 0. The number of fused-ring (bicyclic) bond motifs is 5. The Hall–Kier alpha value is -0.540. The lowest BCUT2D eigenvalue weighted by Gasteiger charge is -2.59. The predicted octanol–water partition coefficient (Wildman–Crippen LogP) is 7.53. The highest BCUT2D eigenvalue weighted by Crippen LogP contribution is 2.69. The van der Waals surface area contributed by atoms with Crippen LogP contribution in [0.3, 0.4) is 0 Å². The quantitative estimate of drug-likeness (QED) is 0.399. The second kappa shape index (κ2) is 9.61.